The minimum Gasteiger partial charge on any atom is -0.478 e. The van der Waals surface area contributed by atoms with E-state index in [1.54, 1.807) is 24.3 Å². The van der Waals surface area contributed by atoms with Gasteiger partial charge in [-0.15, -0.1) is 0 Å². The lowest BCUT2D eigenvalue weighted by Crippen LogP contribution is -2.45. The Morgan fingerprint density at radius 1 is 1.00 bits per heavy atom. The van der Waals surface area contributed by atoms with Gasteiger partial charge in [-0.2, -0.15) is 13.2 Å². The highest BCUT2D eigenvalue weighted by Crippen LogP contribution is 2.32. The molecule has 1 atom stereocenters. The van der Waals surface area contributed by atoms with Gasteiger partial charge in [0.05, 0.1) is 11.1 Å². The number of nitrogens with zero attached hydrogens (tertiary/aromatic N) is 3. The second-order valence-electron chi connectivity index (χ2n) is 8.47. The number of amides is 3. The van der Waals surface area contributed by atoms with E-state index in [1.165, 1.54) is 30.2 Å². The van der Waals surface area contributed by atoms with Gasteiger partial charge in [-0.1, -0.05) is 12.1 Å². The summed E-state index contributed by atoms with van der Waals surface area (Å²) in [6.07, 6.45) is -1.43. The van der Waals surface area contributed by atoms with Crippen molar-refractivity contribution in [2.45, 2.75) is 32.0 Å². The van der Waals surface area contributed by atoms with Crippen LogP contribution in [0.5, 0.6) is 0 Å². The Hall–Kier alpha value is -4.48. The maximum absolute atomic E-state index is 13.0. The van der Waals surface area contributed by atoms with Crippen LogP contribution in [0.15, 0.2) is 54.9 Å². The van der Waals surface area contributed by atoms with Crippen molar-refractivity contribution in [2.24, 2.45) is 0 Å². The van der Waals surface area contributed by atoms with Crippen molar-refractivity contribution in [1.82, 2.24) is 14.9 Å². The van der Waals surface area contributed by atoms with Crippen LogP contribution in [0.2, 0.25) is 0 Å². The van der Waals surface area contributed by atoms with E-state index in [2.05, 4.69) is 20.6 Å². The fourth-order valence-electron chi connectivity index (χ4n) is 4.06. The van der Waals surface area contributed by atoms with Crippen molar-refractivity contribution in [2.75, 3.05) is 17.2 Å². The second kappa shape index (κ2) is 10.2. The normalized spacial score (nSPS) is 15.4. The number of aromatic nitrogens is 2. The number of nitrogens with one attached hydrogen (secondary N) is 2. The average molecular weight is 513 g/mol. The van der Waals surface area contributed by atoms with Crippen LogP contribution in [0.1, 0.15) is 34.3 Å². The van der Waals surface area contributed by atoms with E-state index in [0.717, 1.165) is 6.07 Å². The van der Waals surface area contributed by atoms with Gasteiger partial charge in [0.15, 0.2) is 0 Å². The number of hydrogen-bond donors (Lipinski definition) is 3. The number of likely N-dealkylation sites (tertiary alicyclic amines) is 1. The highest BCUT2D eigenvalue weighted by molar-refractivity contribution is 5.99. The number of alkyl halides is 3. The number of anilines is 2. The Bertz CT molecular complexity index is 1340. The molecule has 1 aliphatic rings. The SMILES string of the molecule is Cc1cc(NC(=O)N2CCC[C@@H]2C(=O)Nc2ccc(-c3cccc(C(=O)O)c3)cn2)ncc1C(F)(F)F. The number of urea groups is 1. The van der Waals surface area contributed by atoms with E-state index in [1.807, 2.05) is 0 Å². The van der Waals surface area contributed by atoms with Crippen molar-refractivity contribution in [3.8, 4) is 11.1 Å². The number of hydrogen-bond acceptors (Lipinski definition) is 5. The minimum absolute atomic E-state index is 0.0502. The summed E-state index contributed by atoms with van der Waals surface area (Å²) in [5.74, 6) is -1.31. The van der Waals surface area contributed by atoms with Crippen LogP contribution in [0, 0.1) is 6.92 Å². The molecule has 3 aromatic rings. The number of aromatic carboxylic acids is 1. The van der Waals surface area contributed by atoms with Crippen molar-refractivity contribution in [3.63, 3.8) is 0 Å². The standard InChI is InChI=1S/C25H22F3N5O4/c1-14-10-21(30-13-18(14)25(26,27)28)32-24(37)33-9-3-6-19(33)22(34)31-20-8-7-17(12-29-20)15-4-2-5-16(11-15)23(35)36/h2,4-5,7-8,10-13,19H,3,6,9H2,1H3,(H,35,36)(H,29,31,34)(H,30,32,37)/t19-/m1/s1. The zero-order valence-corrected chi connectivity index (χ0v) is 19.5. The molecule has 9 nitrogen and oxygen atoms in total. The molecule has 0 aliphatic carbocycles. The van der Waals surface area contributed by atoms with Crippen molar-refractivity contribution in [1.29, 1.82) is 0 Å². The van der Waals surface area contributed by atoms with Crippen molar-refractivity contribution >= 4 is 29.5 Å². The first-order valence-corrected chi connectivity index (χ1v) is 11.2. The van der Waals surface area contributed by atoms with Crippen LogP contribution in [-0.2, 0) is 11.0 Å². The molecular formula is C25H22F3N5O4. The van der Waals surface area contributed by atoms with Gasteiger partial charge < -0.3 is 15.3 Å². The molecule has 3 N–H and O–H groups in total. The fraction of sp³-hybridized carbons (Fsp3) is 0.240. The first-order valence-electron chi connectivity index (χ1n) is 11.2. The van der Waals surface area contributed by atoms with Gasteiger partial charge in [-0.05, 0) is 61.2 Å². The molecule has 0 bridgehead atoms. The van der Waals surface area contributed by atoms with Gasteiger partial charge >= 0.3 is 18.2 Å². The predicted molar refractivity (Wildman–Crippen MR) is 128 cm³/mol. The van der Waals surface area contributed by atoms with Gasteiger partial charge in [0.1, 0.15) is 17.7 Å². The first kappa shape index (κ1) is 25.6. The molecule has 0 spiro atoms. The summed E-state index contributed by atoms with van der Waals surface area (Å²) in [7, 11) is 0. The highest BCUT2D eigenvalue weighted by atomic mass is 19.4. The maximum atomic E-state index is 13.0. The lowest BCUT2D eigenvalue weighted by atomic mass is 10.0. The fourth-order valence-corrected chi connectivity index (χ4v) is 4.06. The third-order valence-electron chi connectivity index (χ3n) is 5.93. The smallest absolute Gasteiger partial charge is 0.418 e. The summed E-state index contributed by atoms with van der Waals surface area (Å²) in [4.78, 5) is 46.0. The number of rotatable bonds is 5. The molecule has 1 saturated heterocycles. The third kappa shape index (κ3) is 5.85. The topological polar surface area (TPSA) is 125 Å². The number of carboxylic acids is 1. The number of pyridine rings is 2. The Morgan fingerprint density at radius 2 is 1.76 bits per heavy atom. The van der Waals surface area contributed by atoms with E-state index >= 15 is 0 Å². The van der Waals surface area contributed by atoms with Crippen LogP contribution in [0.3, 0.4) is 0 Å². The zero-order chi connectivity index (χ0) is 26.7. The largest absolute Gasteiger partial charge is 0.478 e. The van der Waals surface area contributed by atoms with Gasteiger partial charge in [-0.3, -0.25) is 10.1 Å². The molecule has 12 heteroatoms. The average Bonchev–Trinajstić information content (AvgIpc) is 3.34. The van der Waals surface area contributed by atoms with Crippen LogP contribution in [0.4, 0.5) is 29.6 Å². The van der Waals surface area contributed by atoms with Gasteiger partial charge in [0, 0.05) is 24.5 Å². The molecule has 3 heterocycles. The molecule has 37 heavy (non-hydrogen) atoms. The molecule has 2 aromatic heterocycles. The van der Waals surface area contributed by atoms with Gasteiger partial charge in [-0.25, -0.2) is 19.6 Å². The number of halogens is 3. The quantitative estimate of drug-likeness (QED) is 0.450. The number of aryl methyl sites for hydroxylation is 1. The number of benzene rings is 1. The summed E-state index contributed by atoms with van der Waals surface area (Å²) < 4.78 is 38.9. The third-order valence-corrected chi connectivity index (χ3v) is 5.93. The summed E-state index contributed by atoms with van der Waals surface area (Å²) in [5.41, 5.74) is 0.462. The van der Waals surface area contributed by atoms with E-state index in [-0.39, 0.29) is 29.3 Å². The lowest BCUT2D eigenvalue weighted by Gasteiger charge is -2.24. The van der Waals surface area contributed by atoms with Gasteiger partial charge in [0.2, 0.25) is 5.91 Å². The number of carbonyl (C=O) groups excluding carboxylic acids is 2. The summed E-state index contributed by atoms with van der Waals surface area (Å²) in [6.45, 7) is 1.56. The number of carbonyl (C=O) groups is 3. The summed E-state index contributed by atoms with van der Waals surface area (Å²) in [6, 6.07) is 9.28. The predicted octanol–water partition coefficient (Wildman–Crippen LogP) is 4.80. The Balaban J connectivity index is 1.41. The zero-order valence-electron chi connectivity index (χ0n) is 19.5. The van der Waals surface area contributed by atoms with Crippen LogP contribution in [0.25, 0.3) is 11.1 Å². The minimum atomic E-state index is -4.55. The van der Waals surface area contributed by atoms with Gasteiger partial charge in [0.25, 0.3) is 0 Å². The van der Waals surface area contributed by atoms with Crippen molar-refractivity contribution in [3.05, 3.63) is 71.5 Å². The second-order valence-corrected chi connectivity index (χ2v) is 8.47. The van der Waals surface area contributed by atoms with Crippen LogP contribution in [-0.4, -0.2) is 50.5 Å². The van der Waals surface area contributed by atoms with E-state index in [9.17, 15) is 27.6 Å². The van der Waals surface area contributed by atoms with E-state index in [4.69, 9.17) is 5.11 Å². The highest BCUT2D eigenvalue weighted by Gasteiger charge is 2.35. The molecule has 3 amide bonds. The Morgan fingerprint density at radius 3 is 2.41 bits per heavy atom. The summed E-state index contributed by atoms with van der Waals surface area (Å²) >= 11 is 0. The Kier molecular flexibility index (Phi) is 7.09. The van der Waals surface area contributed by atoms with Crippen LogP contribution < -0.4 is 10.6 Å². The maximum Gasteiger partial charge on any atom is 0.418 e. The molecular weight excluding hydrogens is 491 g/mol. The molecule has 0 saturated carbocycles. The van der Waals surface area contributed by atoms with E-state index < -0.39 is 35.7 Å². The Labute approximate surface area is 209 Å². The molecule has 4 rings (SSSR count). The number of carboxylic acid groups (broad SMARTS) is 1. The molecule has 0 unspecified atom stereocenters. The molecule has 192 valence electrons. The van der Waals surface area contributed by atoms with Crippen molar-refractivity contribution < 1.29 is 32.7 Å². The molecule has 0 radical (unpaired) electrons. The molecule has 1 aliphatic heterocycles. The lowest BCUT2D eigenvalue weighted by molar-refractivity contribution is -0.138. The molecule has 1 fully saturated rings. The van der Waals surface area contributed by atoms with E-state index in [0.29, 0.717) is 30.2 Å². The first-order chi connectivity index (χ1) is 17.5. The molecule has 1 aromatic carbocycles. The van der Waals surface area contributed by atoms with Crippen LogP contribution >= 0.6 is 0 Å². The monoisotopic (exact) mass is 513 g/mol. The summed E-state index contributed by atoms with van der Waals surface area (Å²) in [5, 5.41) is 14.3.